The van der Waals surface area contributed by atoms with Gasteiger partial charge in [0.25, 0.3) is 0 Å². The Morgan fingerprint density at radius 2 is 1.60 bits per heavy atom. The predicted octanol–water partition coefficient (Wildman–Crippen LogP) is 2.96. The third-order valence-corrected chi connectivity index (χ3v) is 3.61. The quantitative estimate of drug-likeness (QED) is 0.838. The molecule has 0 aliphatic rings. The molecule has 0 saturated heterocycles. The van der Waals surface area contributed by atoms with Crippen LogP contribution in [-0.2, 0) is 17.6 Å². The normalized spacial score (nSPS) is 9.84. The molecule has 0 aliphatic heterocycles. The highest BCUT2D eigenvalue weighted by Gasteiger charge is 2.15. The Balaban J connectivity index is 2.11. The average molecular weight is 340 g/mol. The van der Waals surface area contributed by atoms with Crippen LogP contribution in [0.3, 0.4) is 0 Å². The van der Waals surface area contributed by atoms with Gasteiger partial charge in [0.1, 0.15) is 0 Å². The Hall–Kier alpha value is -3.20. The lowest BCUT2D eigenvalue weighted by Gasteiger charge is -2.14. The number of nitrogens with one attached hydrogen (secondary N) is 1. The first kappa shape index (κ1) is 18.1. The fraction of sp³-hybridized carbons (Fsp3) is 0.263. The van der Waals surface area contributed by atoms with Crippen molar-refractivity contribution < 1.29 is 19.0 Å². The molecule has 2 aromatic carbocycles. The van der Waals surface area contributed by atoms with Gasteiger partial charge >= 0.3 is 0 Å². The minimum absolute atomic E-state index is 0.163. The summed E-state index contributed by atoms with van der Waals surface area (Å²) in [4.78, 5) is 12.3. The van der Waals surface area contributed by atoms with Crippen molar-refractivity contribution in [1.29, 1.82) is 5.26 Å². The lowest BCUT2D eigenvalue weighted by molar-refractivity contribution is -0.115. The fourth-order valence-corrected chi connectivity index (χ4v) is 2.43. The van der Waals surface area contributed by atoms with Gasteiger partial charge in [-0.1, -0.05) is 12.1 Å². The highest BCUT2D eigenvalue weighted by molar-refractivity contribution is 5.92. The number of ether oxygens (including phenoxy) is 3. The second kappa shape index (κ2) is 8.60. The zero-order chi connectivity index (χ0) is 18.2. The zero-order valence-electron chi connectivity index (χ0n) is 14.5. The smallest absolute Gasteiger partial charge is 0.228 e. The zero-order valence-corrected chi connectivity index (χ0v) is 14.5. The third kappa shape index (κ3) is 4.64. The summed E-state index contributed by atoms with van der Waals surface area (Å²) in [6.07, 6.45) is 0.510. The summed E-state index contributed by atoms with van der Waals surface area (Å²) in [5, 5.41) is 11.5. The average Bonchev–Trinajstić information content (AvgIpc) is 2.62. The summed E-state index contributed by atoms with van der Waals surface area (Å²) < 4.78 is 15.9. The van der Waals surface area contributed by atoms with Crippen LogP contribution in [0.1, 0.15) is 11.1 Å². The van der Waals surface area contributed by atoms with E-state index in [-0.39, 0.29) is 12.3 Å². The van der Waals surface area contributed by atoms with Crippen LogP contribution in [0.15, 0.2) is 36.4 Å². The minimum atomic E-state index is -0.165. The van der Waals surface area contributed by atoms with E-state index < -0.39 is 0 Å². The van der Waals surface area contributed by atoms with Gasteiger partial charge in [0.15, 0.2) is 11.5 Å². The van der Waals surface area contributed by atoms with E-state index >= 15 is 0 Å². The van der Waals surface area contributed by atoms with Crippen molar-refractivity contribution in [3.05, 3.63) is 47.5 Å². The summed E-state index contributed by atoms with van der Waals surface area (Å²) >= 11 is 0. The molecule has 6 nitrogen and oxygen atoms in total. The molecule has 130 valence electrons. The lowest BCUT2D eigenvalue weighted by atomic mass is 10.1. The molecular weight excluding hydrogens is 320 g/mol. The predicted molar refractivity (Wildman–Crippen MR) is 94.2 cm³/mol. The first-order valence-electron chi connectivity index (χ1n) is 7.66. The van der Waals surface area contributed by atoms with E-state index in [0.29, 0.717) is 29.4 Å². The molecule has 0 saturated carbocycles. The lowest BCUT2D eigenvalue weighted by Crippen LogP contribution is -2.14. The van der Waals surface area contributed by atoms with Gasteiger partial charge in [-0.25, -0.2) is 0 Å². The third-order valence-electron chi connectivity index (χ3n) is 3.61. The van der Waals surface area contributed by atoms with Crippen LogP contribution in [0.5, 0.6) is 17.2 Å². The van der Waals surface area contributed by atoms with Gasteiger partial charge in [-0.2, -0.15) is 5.26 Å². The Morgan fingerprint density at radius 1 is 1.00 bits per heavy atom. The Morgan fingerprint density at radius 3 is 2.08 bits per heavy atom. The van der Waals surface area contributed by atoms with Crippen molar-refractivity contribution in [2.24, 2.45) is 0 Å². The van der Waals surface area contributed by atoms with Gasteiger partial charge < -0.3 is 19.5 Å². The standard InChI is InChI=1S/C19H20N2O4/c1-23-16-10-14(11-17(24-2)19(16)25-3)12-18(22)21-15-6-4-13(5-7-15)8-9-20/h4-7,10-11H,8,12H2,1-3H3,(H,21,22). The van der Waals surface area contributed by atoms with Gasteiger partial charge in [-0.3, -0.25) is 4.79 Å². The maximum absolute atomic E-state index is 12.3. The van der Waals surface area contributed by atoms with Crippen molar-refractivity contribution in [3.8, 4) is 23.3 Å². The van der Waals surface area contributed by atoms with Gasteiger partial charge in [-0.15, -0.1) is 0 Å². The number of rotatable bonds is 7. The Kier molecular flexibility index (Phi) is 6.24. The second-order valence-corrected chi connectivity index (χ2v) is 5.29. The van der Waals surface area contributed by atoms with Crippen molar-refractivity contribution in [2.75, 3.05) is 26.6 Å². The fourth-order valence-electron chi connectivity index (χ4n) is 2.43. The molecule has 0 bridgehead atoms. The Bertz CT molecular complexity index is 754. The maximum atomic E-state index is 12.3. The molecule has 0 unspecified atom stereocenters. The molecule has 1 amide bonds. The van der Waals surface area contributed by atoms with Gasteiger partial charge in [0, 0.05) is 5.69 Å². The van der Waals surface area contributed by atoms with Crippen molar-refractivity contribution in [1.82, 2.24) is 0 Å². The first-order chi connectivity index (χ1) is 12.1. The van der Waals surface area contributed by atoms with E-state index in [0.717, 1.165) is 11.1 Å². The number of hydrogen-bond acceptors (Lipinski definition) is 5. The number of benzene rings is 2. The molecule has 2 rings (SSSR count). The van der Waals surface area contributed by atoms with Gasteiger partial charge in [0.2, 0.25) is 11.7 Å². The molecular formula is C19H20N2O4. The number of amides is 1. The molecule has 6 heteroatoms. The van der Waals surface area contributed by atoms with Crippen LogP contribution >= 0.6 is 0 Å². The number of hydrogen-bond donors (Lipinski definition) is 1. The summed E-state index contributed by atoms with van der Waals surface area (Å²) in [5.41, 5.74) is 2.33. The molecule has 0 atom stereocenters. The number of anilines is 1. The number of methoxy groups -OCH3 is 3. The maximum Gasteiger partial charge on any atom is 0.228 e. The monoisotopic (exact) mass is 340 g/mol. The van der Waals surface area contributed by atoms with E-state index in [4.69, 9.17) is 19.5 Å². The highest BCUT2D eigenvalue weighted by atomic mass is 16.5. The first-order valence-corrected chi connectivity index (χ1v) is 7.66. The van der Waals surface area contributed by atoms with Crippen molar-refractivity contribution >= 4 is 11.6 Å². The number of carbonyl (C=O) groups excluding carboxylic acids is 1. The summed E-state index contributed by atoms with van der Waals surface area (Å²) in [7, 11) is 4.59. The van der Waals surface area contributed by atoms with Crippen LogP contribution in [0.2, 0.25) is 0 Å². The molecule has 1 N–H and O–H groups in total. The van der Waals surface area contributed by atoms with Crippen molar-refractivity contribution in [3.63, 3.8) is 0 Å². The largest absolute Gasteiger partial charge is 0.493 e. The number of nitrogens with zero attached hydrogens (tertiary/aromatic N) is 1. The van der Waals surface area contributed by atoms with E-state index in [1.54, 1.807) is 24.3 Å². The van der Waals surface area contributed by atoms with Crippen LogP contribution in [0, 0.1) is 11.3 Å². The van der Waals surface area contributed by atoms with Crippen LogP contribution in [0.25, 0.3) is 0 Å². The summed E-state index contributed by atoms with van der Waals surface area (Å²) in [5.74, 6) is 1.33. The van der Waals surface area contributed by atoms with Gasteiger partial charge in [-0.05, 0) is 35.4 Å². The van der Waals surface area contributed by atoms with Crippen LogP contribution in [-0.4, -0.2) is 27.2 Å². The number of nitriles is 1. The molecule has 0 spiro atoms. The molecule has 0 fully saturated rings. The summed E-state index contributed by atoms with van der Waals surface area (Å²) in [6, 6.07) is 12.8. The molecule has 0 aromatic heterocycles. The molecule has 25 heavy (non-hydrogen) atoms. The number of carbonyl (C=O) groups is 1. The van der Waals surface area contributed by atoms with E-state index in [1.807, 2.05) is 12.1 Å². The summed E-state index contributed by atoms with van der Waals surface area (Å²) in [6.45, 7) is 0. The molecule has 0 aliphatic carbocycles. The molecule has 2 aromatic rings. The highest BCUT2D eigenvalue weighted by Crippen LogP contribution is 2.38. The van der Waals surface area contributed by atoms with E-state index in [1.165, 1.54) is 21.3 Å². The van der Waals surface area contributed by atoms with E-state index in [2.05, 4.69) is 11.4 Å². The molecule has 0 radical (unpaired) electrons. The topological polar surface area (TPSA) is 80.6 Å². The van der Waals surface area contributed by atoms with E-state index in [9.17, 15) is 4.79 Å². The minimum Gasteiger partial charge on any atom is -0.493 e. The van der Waals surface area contributed by atoms with Gasteiger partial charge in [0.05, 0.1) is 40.2 Å². The van der Waals surface area contributed by atoms with Crippen LogP contribution in [0.4, 0.5) is 5.69 Å². The second-order valence-electron chi connectivity index (χ2n) is 5.29. The Labute approximate surface area is 146 Å². The van der Waals surface area contributed by atoms with Crippen molar-refractivity contribution in [2.45, 2.75) is 12.8 Å². The van der Waals surface area contributed by atoms with Crippen LogP contribution < -0.4 is 19.5 Å². The molecule has 0 heterocycles. The SMILES string of the molecule is COc1cc(CC(=O)Nc2ccc(CC#N)cc2)cc(OC)c1OC.